The highest BCUT2D eigenvalue weighted by Gasteiger charge is 2.22. The SMILES string of the molecule is CCc1ccc(-c2c(C(=O)OC)noc2N)cc1. The van der Waals surface area contributed by atoms with Crippen LogP contribution in [0.1, 0.15) is 23.0 Å². The Morgan fingerprint density at radius 1 is 1.39 bits per heavy atom. The molecule has 2 N–H and O–H groups in total. The molecule has 0 saturated carbocycles. The van der Waals surface area contributed by atoms with E-state index in [1.165, 1.54) is 12.7 Å². The van der Waals surface area contributed by atoms with Crippen molar-refractivity contribution in [1.29, 1.82) is 0 Å². The predicted molar refractivity (Wildman–Crippen MR) is 67.1 cm³/mol. The number of hydrogen-bond acceptors (Lipinski definition) is 5. The molecular formula is C13H14N2O3. The molecule has 0 unspecified atom stereocenters. The molecule has 0 saturated heterocycles. The first-order chi connectivity index (χ1) is 8.67. The molecule has 0 atom stereocenters. The van der Waals surface area contributed by atoms with Gasteiger partial charge in [-0.1, -0.05) is 36.3 Å². The zero-order chi connectivity index (χ0) is 13.1. The molecule has 1 aromatic heterocycles. The average Bonchev–Trinajstić information content (AvgIpc) is 2.80. The van der Waals surface area contributed by atoms with E-state index in [4.69, 9.17) is 10.3 Å². The summed E-state index contributed by atoms with van der Waals surface area (Å²) >= 11 is 0. The number of benzene rings is 1. The number of nitrogens with zero attached hydrogens (tertiary/aromatic N) is 1. The number of aromatic nitrogens is 1. The first-order valence-electron chi connectivity index (χ1n) is 5.60. The van der Waals surface area contributed by atoms with Gasteiger partial charge in [-0.05, 0) is 17.5 Å². The molecule has 1 heterocycles. The van der Waals surface area contributed by atoms with Crippen molar-refractivity contribution in [1.82, 2.24) is 5.16 Å². The summed E-state index contributed by atoms with van der Waals surface area (Å²) in [5.41, 5.74) is 8.26. The summed E-state index contributed by atoms with van der Waals surface area (Å²) in [5, 5.41) is 3.63. The summed E-state index contributed by atoms with van der Waals surface area (Å²) in [7, 11) is 1.29. The quantitative estimate of drug-likeness (QED) is 0.840. The highest BCUT2D eigenvalue weighted by atomic mass is 16.5. The van der Waals surface area contributed by atoms with Crippen LogP contribution in [0.4, 0.5) is 5.88 Å². The lowest BCUT2D eigenvalue weighted by atomic mass is 10.0. The number of carbonyl (C=O) groups is 1. The lowest BCUT2D eigenvalue weighted by molar-refractivity contribution is 0.0590. The van der Waals surface area contributed by atoms with Gasteiger partial charge in [-0.3, -0.25) is 0 Å². The number of anilines is 1. The molecule has 0 bridgehead atoms. The molecule has 0 aliphatic carbocycles. The van der Waals surface area contributed by atoms with Gasteiger partial charge in [-0.2, -0.15) is 0 Å². The molecule has 94 valence electrons. The smallest absolute Gasteiger partial charge is 0.361 e. The summed E-state index contributed by atoms with van der Waals surface area (Å²) in [6.07, 6.45) is 0.948. The van der Waals surface area contributed by atoms with Gasteiger partial charge in [0.15, 0.2) is 0 Å². The van der Waals surface area contributed by atoms with Gasteiger partial charge in [0, 0.05) is 0 Å². The molecule has 0 radical (unpaired) electrons. The molecule has 1 aromatic carbocycles. The van der Waals surface area contributed by atoms with Gasteiger partial charge in [0.1, 0.15) is 0 Å². The minimum Gasteiger partial charge on any atom is -0.464 e. The molecule has 2 aromatic rings. The third-order valence-electron chi connectivity index (χ3n) is 2.75. The topological polar surface area (TPSA) is 78.3 Å². The molecule has 5 nitrogen and oxygen atoms in total. The Labute approximate surface area is 105 Å². The molecular weight excluding hydrogens is 232 g/mol. The number of rotatable bonds is 3. The van der Waals surface area contributed by atoms with Crippen molar-refractivity contribution >= 4 is 11.9 Å². The Balaban J connectivity index is 2.48. The monoisotopic (exact) mass is 246 g/mol. The van der Waals surface area contributed by atoms with E-state index in [2.05, 4.69) is 16.8 Å². The summed E-state index contributed by atoms with van der Waals surface area (Å²) in [5.74, 6) is -0.454. The van der Waals surface area contributed by atoms with E-state index >= 15 is 0 Å². The lowest BCUT2D eigenvalue weighted by Crippen LogP contribution is -2.03. The van der Waals surface area contributed by atoms with Crippen LogP contribution < -0.4 is 5.73 Å². The first kappa shape index (κ1) is 12.2. The minimum absolute atomic E-state index is 0.0965. The van der Waals surface area contributed by atoms with E-state index in [1.54, 1.807) is 0 Å². The van der Waals surface area contributed by atoms with Crippen molar-refractivity contribution in [2.45, 2.75) is 13.3 Å². The molecule has 0 aliphatic heterocycles. The number of carbonyl (C=O) groups excluding carboxylic acids is 1. The number of aryl methyl sites for hydroxylation is 1. The van der Waals surface area contributed by atoms with Crippen LogP contribution in [-0.2, 0) is 11.2 Å². The predicted octanol–water partition coefficient (Wildman–Crippen LogP) is 2.27. The normalized spacial score (nSPS) is 10.3. The van der Waals surface area contributed by atoms with Gasteiger partial charge in [-0.25, -0.2) is 4.79 Å². The summed E-state index contributed by atoms with van der Waals surface area (Å²) in [6.45, 7) is 2.07. The van der Waals surface area contributed by atoms with Gasteiger partial charge in [0.25, 0.3) is 0 Å². The van der Waals surface area contributed by atoms with E-state index in [-0.39, 0.29) is 11.6 Å². The van der Waals surface area contributed by atoms with Crippen LogP contribution in [0.5, 0.6) is 0 Å². The van der Waals surface area contributed by atoms with E-state index < -0.39 is 5.97 Å². The highest BCUT2D eigenvalue weighted by Crippen LogP contribution is 2.30. The summed E-state index contributed by atoms with van der Waals surface area (Å²) < 4.78 is 9.50. The fourth-order valence-corrected chi connectivity index (χ4v) is 1.72. The van der Waals surface area contributed by atoms with E-state index in [9.17, 15) is 4.79 Å². The Morgan fingerprint density at radius 2 is 2.06 bits per heavy atom. The van der Waals surface area contributed by atoms with Crippen LogP contribution >= 0.6 is 0 Å². The summed E-state index contributed by atoms with van der Waals surface area (Å²) in [6, 6.07) is 7.72. The van der Waals surface area contributed by atoms with Gasteiger partial charge >= 0.3 is 5.97 Å². The summed E-state index contributed by atoms with van der Waals surface area (Å²) in [4.78, 5) is 11.5. The van der Waals surface area contributed by atoms with E-state index in [0.717, 1.165) is 12.0 Å². The van der Waals surface area contributed by atoms with Crippen molar-refractivity contribution in [2.75, 3.05) is 12.8 Å². The first-order valence-corrected chi connectivity index (χ1v) is 5.60. The zero-order valence-corrected chi connectivity index (χ0v) is 10.3. The number of ether oxygens (including phenoxy) is 1. The van der Waals surface area contributed by atoms with Gasteiger partial charge in [0.05, 0.1) is 12.7 Å². The average molecular weight is 246 g/mol. The molecule has 0 amide bonds. The van der Waals surface area contributed by atoms with Crippen LogP contribution in [0.15, 0.2) is 28.8 Å². The number of nitrogens with two attached hydrogens (primary N) is 1. The third kappa shape index (κ3) is 2.07. The van der Waals surface area contributed by atoms with Crippen LogP contribution in [0.2, 0.25) is 0 Å². The Kier molecular flexibility index (Phi) is 3.32. The lowest BCUT2D eigenvalue weighted by Gasteiger charge is -2.02. The second-order valence-corrected chi connectivity index (χ2v) is 3.81. The molecule has 0 fully saturated rings. The third-order valence-corrected chi connectivity index (χ3v) is 2.75. The van der Waals surface area contributed by atoms with Crippen molar-refractivity contribution < 1.29 is 14.1 Å². The molecule has 0 spiro atoms. The van der Waals surface area contributed by atoms with Gasteiger partial charge in [0.2, 0.25) is 11.6 Å². The van der Waals surface area contributed by atoms with Crippen molar-refractivity contribution in [3.05, 3.63) is 35.5 Å². The fraction of sp³-hybridized carbons (Fsp3) is 0.231. The minimum atomic E-state index is -0.565. The maximum absolute atomic E-state index is 11.5. The van der Waals surface area contributed by atoms with Gasteiger partial charge in [-0.15, -0.1) is 0 Å². The van der Waals surface area contributed by atoms with Crippen LogP contribution in [0, 0.1) is 0 Å². The molecule has 2 rings (SSSR count). The Bertz CT molecular complexity index is 558. The van der Waals surface area contributed by atoms with E-state index in [0.29, 0.717) is 5.56 Å². The number of hydrogen-bond donors (Lipinski definition) is 1. The molecule has 0 aliphatic rings. The van der Waals surface area contributed by atoms with Crippen molar-refractivity contribution in [2.24, 2.45) is 0 Å². The maximum Gasteiger partial charge on any atom is 0.361 e. The second kappa shape index (κ2) is 4.91. The standard InChI is InChI=1S/C13H14N2O3/c1-3-8-4-6-9(7-5-8)10-11(13(16)17-2)15-18-12(10)14/h4-7H,3,14H2,1-2H3. The van der Waals surface area contributed by atoms with Crippen molar-refractivity contribution in [3.8, 4) is 11.1 Å². The highest BCUT2D eigenvalue weighted by molar-refractivity contribution is 5.97. The Hall–Kier alpha value is -2.30. The number of nitrogen functional groups attached to an aromatic ring is 1. The van der Waals surface area contributed by atoms with Crippen LogP contribution in [0.3, 0.4) is 0 Å². The van der Waals surface area contributed by atoms with Crippen LogP contribution in [-0.4, -0.2) is 18.2 Å². The van der Waals surface area contributed by atoms with Crippen LogP contribution in [0.25, 0.3) is 11.1 Å². The number of esters is 1. The fourth-order valence-electron chi connectivity index (χ4n) is 1.72. The number of methoxy groups -OCH3 is 1. The largest absolute Gasteiger partial charge is 0.464 e. The second-order valence-electron chi connectivity index (χ2n) is 3.81. The molecule has 18 heavy (non-hydrogen) atoms. The van der Waals surface area contributed by atoms with E-state index in [1.807, 2.05) is 24.3 Å². The zero-order valence-electron chi connectivity index (χ0n) is 10.3. The Morgan fingerprint density at radius 3 is 2.61 bits per heavy atom. The van der Waals surface area contributed by atoms with Crippen molar-refractivity contribution in [3.63, 3.8) is 0 Å². The maximum atomic E-state index is 11.5. The molecule has 5 heteroatoms. The van der Waals surface area contributed by atoms with Gasteiger partial charge < -0.3 is 15.0 Å².